The van der Waals surface area contributed by atoms with Crippen molar-refractivity contribution in [2.75, 3.05) is 6.61 Å². The zero-order valence-corrected chi connectivity index (χ0v) is 31.5. The number of aliphatic hydroxyl groups is 1. The zero-order chi connectivity index (χ0) is 34.4. The smallest absolute Gasteiger partial charge is 0.333 e. The molecule has 5 aliphatic carbocycles. The van der Waals surface area contributed by atoms with Gasteiger partial charge in [-0.25, -0.2) is 4.79 Å². The van der Waals surface area contributed by atoms with Gasteiger partial charge in [-0.3, -0.25) is 0 Å². The van der Waals surface area contributed by atoms with Crippen LogP contribution in [-0.4, -0.2) is 53.5 Å². The van der Waals surface area contributed by atoms with Gasteiger partial charge in [0.1, 0.15) is 12.2 Å². The number of aliphatic hydroxyl groups excluding tert-OH is 1. The lowest BCUT2D eigenvalue weighted by Crippen LogP contribution is -2.76. The van der Waals surface area contributed by atoms with Crippen LogP contribution < -0.4 is 0 Å². The third kappa shape index (κ3) is 4.38. The van der Waals surface area contributed by atoms with E-state index in [1.807, 2.05) is 20.8 Å². The molecule has 6 fully saturated rings. The summed E-state index contributed by atoms with van der Waals surface area (Å²) in [5, 5.41) is 11.6. The molecule has 2 heterocycles. The van der Waals surface area contributed by atoms with Gasteiger partial charge in [-0.2, -0.15) is 0 Å². The van der Waals surface area contributed by atoms with Crippen LogP contribution in [0.25, 0.3) is 0 Å². The summed E-state index contributed by atoms with van der Waals surface area (Å²) < 4.78 is 27.0. The molecular weight excluding hydrogens is 588 g/mol. The van der Waals surface area contributed by atoms with E-state index in [1.165, 1.54) is 24.8 Å². The highest BCUT2D eigenvalue weighted by Crippen LogP contribution is 2.77. The van der Waals surface area contributed by atoms with Crippen molar-refractivity contribution in [2.24, 2.45) is 50.2 Å². The van der Waals surface area contributed by atoms with Gasteiger partial charge in [0.05, 0.1) is 29.8 Å². The van der Waals surface area contributed by atoms with Crippen LogP contribution in [0.1, 0.15) is 134 Å². The number of hydrogen-bond donors (Lipinski definition) is 1. The Kier molecular flexibility index (Phi) is 7.43. The van der Waals surface area contributed by atoms with Gasteiger partial charge in [0.15, 0.2) is 5.79 Å². The third-order valence-corrected chi connectivity index (χ3v) is 16.2. The monoisotopic (exact) mass is 652 g/mol. The van der Waals surface area contributed by atoms with Crippen molar-refractivity contribution in [1.82, 2.24) is 0 Å². The maximum absolute atomic E-state index is 13.3. The van der Waals surface area contributed by atoms with Gasteiger partial charge in [-0.1, -0.05) is 59.3 Å². The van der Waals surface area contributed by atoms with Crippen LogP contribution in [0.5, 0.6) is 0 Å². The third-order valence-electron chi connectivity index (χ3n) is 16.2. The van der Waals surface area contributed by atoms with Gasteiger partial charge < -0.3 is 24.1 Å². The van der Waals surface area contributed by atoms with E-state index in [0.29, 0.717) is 23.5 Å². The molecule has 264 valence electrons. The van der Waals surface area contributed by atoms with E-state index >= 15 is 0 Å². The SMILES string of the molecule is C/C=C(/C)C(=O)O[C@H]1[C@@H]2OC(C)(C)O[C@@H]3C[C@]4(C)C(=CC[C@@H]5[C@@]6(C)CC[C@@H]7OC(C)(C)C[C@]7(C)[C@@H]6CC[C@]54C)[C@H](CC1(C)C)[C@@]32CO. The molecule has 7 rings (SSSR count). The van der Waals surface area contributed by atoms with Gasteiger partial charge in [-0.15, -0.1) is 0 Å². The summed E-state index contributed by atoms with van der Waals surface area (Å²) >= 11 is 0. The fourth-order valence-electron chi connectivity index (χ4n) is 13.9. The maximum Gasteiger partial charge on any atom is 0.333 e. The van der Waals surface area contributed by atoms with E-state index < -0.39 is 23.4 Å². The molecule has 2 saturated heterocycles. The molecule has 0 unspecified atom stereocenters. The first-order chi connectivity index (χ1) is 21.6. The minimum atomic E-state index is -0.870. The van der Waals surface area contributed by atoms with Crippen LogP contribution in [0.3, 0.4) is 0 Å². The second-order valence-corrected chi connectivity index (χ2v) is 19.9. The zero-order valence-electron chi connectivity index (χ0n) is 31.5. The van der Waals surface area contributed by atoms with E-state index in [9.17, 15) is 9.90 Å². The van der Waals surface area contributed by atoms with Crippen LogP contribution in [0.4, 0.5) is 0 Å². The summed E-state index contributed by atoms with van der Waals surface area (Å²) in [6.45, 7) is 27.1. The summed E-state index contributed by atoms with van der Waals surface area (Å²) in [7, 11) is 0. The van der Waals surface area contributed by atoms with Crippen molar-refractivity contribution in [3.63, 3.8) is 0 Å². The summed E-state index contributed by atoms with van der Waals surface area (Å²) in [5.41, 5.74) is 1.47. The molecule has 6 nitrogen and oxygen atoms in total. The van der Waals surface area contributed by atoms with Gasteiger partial charge in [0.2, 0.25) is 0 Å². The lowest BCUT2D eigenvalue weighted by Gasteiger charge is -2.74. The van der Waals surface area contributed by atoms with Crippen molar-refractivity contribution >= 4 is 5.97 Å². The van der Waals surface area contributed by atoms with Gasteiger partial charge in [0.25, 0.3) is 0 Å². The van der Waals surface area contributed by atoms with Crippen molar-refractivity contribution in [3.05, 3.63) is 23.3 Å². The van der Waals surface area contributed by atoms with E-state index in [2.05, 4.69) is 61.5 Å². The average molecular weight is 653 g/mol. The molecule has 4 saturated carbocycles. The number of rotatable bonds is 3. The number of carbonyl (C=O) groups is 1. The maximum atomic E-state index is 13.3. The van der Waals surface area contributed by atoms with E-state index in [1.54, 1.807) is 13.0 Å². The van der Waals surface area contributed by atoms with Crippen LogP contribution in [0.15, 0.2) is 23.3 Å². The molecule has 0 aromatic heterocycles. The second-order valence-electron chi connectivity index (χ2n) is 19.9. The standard InChI is InChI=1S/C41H64O6/c1-13-24(2)33(43)44-31-32-41(23-42)26(20-34(31,3)4)25-14-15-28-37(9)18-17-29-38(10,22-35(5,6)45-29)27(37)16-19-39(28,11)40(25,12)21-30(41)46-36(7,8)47-32/h13-14,26-32,42H,15-23H2,1-12H3/b24-13-/t26-,27+,28+,29-,30+,31-,32-,37-,38+,39+,40+,41-/m0/s1. The second kappa shape index (κ2) is 10.2. The fourth-order valence-corrected chi connectivity index (χ4v) is 13.9. The molecule has 0 aromatic rings. The Morgan fingerprint density at radius 3 is 2.28 bits per heavy atom. The van der Waals surface area contributed by atoms with Crippen LogP contribution >= 0.6 is 0 Å². The van der Waals surface area contributed by atoms with Crippen molar-refractivity contribution < 1.29 is 28.8 Å². The molecule has 0 bridgehead atoms. The Bertz CT molecular complexity index is 1390. The van der Waals surface area contributed by atoms with Crippen LogP contribution in [0, 0.1) is 50.2 Å². The van der Waals surface area contributed by atoms with E-state index in [-0.39, 0.29) is 57.3 Å². The number of ether oxygens (including phenoxy) is 4. The predicted molar refractivity (Wildman–Crippen MR) is 183 cm³/mol. The van der Waals surface area contributed by atoms with Gasteiger partial charge in [0, 0.05) is 11.0 Å². The summed E-state index contributed by atoms with van der Waals surface area (Å²) in [5.74, 6) is 0.123. The highest BCUT2D eigenvalue weighted by atomic mass is 16.7. The fraction of sp³-hybridized carbons (Fsp3) is 0.878. The average Bonchev–Trinajstić information content (AvgIpc) is 3.21. The number of allylic oxidation sites excluding steroid dienone is 3. The Hall–Kier alpha value is -1.21. The number of hydrogen-bond acceptors (Lipinski definition) is 6. The molecule has 0 aromatic carbocycles. The molecule has 0 spiro atoms. The van der Waals surface area contributed by atoms with Crippen molar-refractivity contribution in [2.45, 2.75) is 170 Å². The molecule has 0 amide bonds. The summed E-state index contributed by atoms with van der Waals surface area (Å²) in [4.78, 5) is 13.3. The topological polar surface area (TPSA) is 74.2 Å². The van der Waals surface area contributed by atoms with Crippen molar-refractivity contribution in [1.29, 1.82) is 0 Å². The van der Waals surface area contributed by atoms with Gasteiger partial charge in [-0.05, 0) is 132 Å². The van der Waals surface area contributed by atoms with E-state index in [0.717, 1.165) is 32.1 Å². The molecule has 12 atom stereocenters. The summed E-state index contributed by atoms with van der Waals surface area (Å²) in [6.07, 6.45) is 12.3. The first kappa shape index (κ1) is 34.2. The predicted octanol–water partition coefficient (Wildman–Crippen LogP) is 8.56. The van der Waals surface area contributed by atoms with Gasteiger partial charge >= 0.3 is 5.97 Å². The van der Waals surface area contributed by atoms with E-state index in [4.69, 9.17) is 18.9 Å². The first-order valence-corrected chi connectivity index (χ1v) is 18.8. The largest absolute Gasteiger partial charge is 0.456 e. The highest BCUT2D eigenvalue weighted by Gasteiger charge is 2.75. The molecular formula is C41H64O6. The lowest BCUT2D eigenvalue weighted by molar-refractivity contribution is -0.402. The Labute approximate surface area is 284 Å². The Morgan fingerprint density at radius 2 is 1.62 bits per heavy atom. The Balaban J connectivity index is 1.32. The number of esters is 1. The minimum Gasteiger partial charge on any atom is -0.456 e. The molecule has 2 aliphatic heterocycles. The quantitative estimate of drug-likeness (QED) is 0.187. The normalized spacial score (nSPS) is 52.1. The summed E-state index contributed by atoms with van der Waals surface area (Å²) in [6, 6.07) is 0. The van der Waals surface area contributed by atoms with Crippen molar-refractivity contribution in [3.8, 4) is 0 Å². The first-order valence-electron chi connectivity index (χ1n) is 18.8. The van der Waals surface area contributed by atoms with Crippen LogP contribution in [0.2, 0.25) is 0 Å². The Morgan fingerprint density at radius 1 is 0.915 bits per heavy atom. The molecule has 47 heavy (non-hydrogen) atoms. The highest BCUT2D eigenvalue weighted by molar-refractivity contribution is 5.87. The minimum absolute atomic E-state index is 0.0523. The molecule has 1 N–H and O–H groups in total. The number of fused-ring (bicyclic) bond motifs is 8. The number of carbonyl (C=O) groups excluding carboxylic acids is 1. The molecule has 6 heteroatoms. The van der Waals surface area contributed by atoms with Crippen LogP contribution in [-0.2, 0) is 23.7 Å². The molecule has 0 radical (unpaired) electrons. The lowest BCUT2D eigenvalue weighted by atomic mass is 9.32. The molecule has 7 aliphatic rings.